The Bertz CT molecular complexity index is 549. The van der Waals surface area contributed by atoms with Crippen molar-refractivity contribution in [1.82, 2.24) is 4.72 Å². The third kappa shape index (κ3) is 4.18. The average Bonchev–Trinajstić information content (AvgIpc) is 2.37. The minimum atomic E-state index is -3.75. The molecule has 0 bridgehead atoms. The molecule has 0 heterocycles. The van der Waals surface area contributed by atoms with Gasteiger partial charge in [-0.05, 0) is 25.5 Å². The molecule has 104 valence electrons. The number of nitrogens with one attached hydrogen (secondary N) is 1. The Kier molecular flexibility index (Phi) is 5.26. The van der Waals surface area contributed by atoms with E-state index in [1.807, 2.05) is 6.92 Å². The molecule has 0 saturated carbocycles. The predicted molar refractivity (Wildman–Crippen MR) is 72.1 cm³/mol. The zero-order chi connectivity index (χ0) is 14.5. The number of aryl methyl sites for hydroxylation is 1. The zero-order valence-electron chi connectivity index (χ0n) is 10.9. The summed E-state index contributed by atoms with van der Waals surface area (Å²) in [6.07, 6.45) is 1.62. The summed E-state index contributed by atoms with van der Waals surface area (Å²) in [5.74, 6) is -0.643. The van der Waals surface area contributed by atoms with Crippen molar-refractivity contribution < 1.29 is 17.9 Å². The van der Waals surface area contributed by atoms with Crippen molar-refractivity contribution in [2.24, 2.45) is 0 Å². The van der Waals surface area contributed by atoms with E-state index in [0.717, 1.165) is 5.56 Å². The largest absolute Gasteiger partial charge is 0.468 e. The second kappa shape index (κ2) is 6.49. The molecule has 0 aromatic heterocycles. The van der Waals surface area contributed by atoms with Crippen LogP contribution in [-0.4, -0.2) is 27.5 Å². The number of methoxy groups -OCH3 is 1. The van der Waals surface area contributed by atoms with Crippen molar-refractivity contribution in [2.75, 3.05) is 7.11 Å². The smallest absolute Gasteiger partial charge is 0.324 e. The zero-order valence-corrected chi connectivity index (χ0v) is 11.7. The molecule has 0 radical (unpaired) electrons. The van der Waals surface area contributed by atoms with E-state index in [1.54, 1.807) is 12.1 Å². The van der Waals surface area contributed by atoms with Gasteiger partial charge in [0.05, 0.1) is 12.0 Å². The van der Waals surface area contributed by atoms with Gasteiger partial charge in [0.15, 0.2) is 0 Å². The Morgan fingerprint density at radius 1 is 1.42 bits per heavy atom. The normalized spacial score (nSPS) is 12.7. The number of ether oxygens (including phenoxy) is 1. The third-order valence-electron chi connectivity index (χ3n) is 2.52. The number of hydrogen-bond acceptors (Lipinski definition) is 4. The SMILES string of the molecule is C=CC[C@@H](NS(=O)(=O)c1ccc(C)cc1)C(=O)OC. The summed E-state index contributed by atoms with van der Waals surface area (Å²) in [4.78, 5) is 11.6. The van der Waals surface area contributed by atoms with E-state index in [9.17, 15) is 13.2 Å². The molecule has 0 aliphatic carbocycles. The maximum atomic E-state index is 12.1. The molecule has 1 atom stereocenters. The minimum Gasteiger partial charge on any atom is -0.468 e. The number of hydrogen-bond donors (Lipinski definition) is 1. The van der Waals surface area contributed by atoms with Crippen LogP contribution in [0.4, 0.5) is 0 Å². The maximum Gasteiger partial charge on any atom is 0.324 e. The van der Waals surface area contributed by atoms with E-state index in [4.69, 9.17) is 0 Å². The summed E-state index contributed by atoms with van der Waals surface area (Å²) < 4.78 is 31.1. The lowest BCUT2D eigenvalue weighted by Crippen LogP contribution is -2.41. The Hall–Kier alpha value is -1.66. The van der Waals surface area contributed by atoms with Crippen LogP contribution in [0.1, 0.15) is 12.0 Å². The highest BCUT2D eigenvalue weighted by molar-refractivity contribution is 7.89. The van der Waals surface area contributed by atoms with Crippen LogP contribution in [0.5, 0.6) is 0 Å². The fourth-order valence-electron chi connectivity index (χ4n) is 1.47. The summed E-state index contributed by atoms with van der Waals surface area (Å²) in [6.45, 7) is 5.35. The lowest BCUT2D eigenvalue weighted by atomic mass is 10.2. The quantitative estimate of drug-likeness (QED) is 0.632. The van der Waals surface area contributed by atoms with Crippen molar-refractivity contribution >= 4 is 16.0 Å². The van der Waals surface area contributed by atoms with Gasteiger partial charge in [-0.3, -0.25) is 4.79 Å². The van der Waals surface area contributed by atoms with Crippen molar-refractivity contribution in [3.63, 3.8) is 0 Å². The third-order valence-corrected chi connectivity index (χ3v) is 4.00. The van der Waals surface area contributed by atoms with E-state index >= 15 is 0 Å². The van der Waals surface area contributed by atoms with Gasteiger partial charge in [-0.2, -0.15) is 4.72 Å². The van der Waals surface area contributed by atoms with Gasteiger partial charge >= 0.3 is 5.97 Å². The minimum absolute atomic E-state index is 0.107. The molecule has 0 fully saturated rings. The molecule has 0 aliphatic heterocycles. The first-order valence-electron chi connectivity index (χ1n) is 5.68. The van der Waals surface area contributed by atoms with E-state index in [-0.39, 0.29) is 11.3 Å². The van der Waals surface area contributed by atoms with Crippen LogP contribution in [0, 0.1) is 6.92 Å². The van der Waals surface area contributed by atoms with Crippen molar-refractivity contribution in [3.05, 3.63) is 42.5 Å². The van der Waals surface area contributed by atoms with Crippen LogP contribution in [0.15, 0.2) is 41.8 Å². The van der Waals surface area contributed by atoms with Crippen molar-refractivity contribution in [1.29, 1.82) is 0 Å². The van der Waals surface area contributed by atoms with Crippen LogP contribution >= 0.6 is 0 Å². The summed E-state index contributed by atoms with van der Waals surface area (Å²) in [5, 5.41) is 0. The van der Waals surface area contributed by atoms with Crippen molar-refractivity contribution in [3.8, 4) is 0 Å². The molecule has 1 rings (SSSR count). The molecular formula is C13H17NO4S. The van der Waals surface area contributed by atoms with Crippen LogP contribution in [-0.2, 0) is 19.6 Å². The van der Waals surface area contributed by atoms with Crippen LogP contribution in [0.2, 0.25) is 0 Å². The van der Waals surface area contributed by atoms with Crippen LogP contribution < -0.4 is 4.72 Å². The van der Waals surface area contributed by atoms with Gasteiger partial charge in [-0.1, -0.05) is 23.8 Å². The first kappa shape index (κ1) is 15.4. The molecule has 1 aromatic carbocycles. The first-order chi connectivity index (χ1) is 8.90. The van der Waals surface area contributed by atoms with Gasteiger partial charge in [0.25, 0.3) is 0 Å². The van der Waals surface area contributed by atoms with Gasteiger partial charge in [0, 0.05) is 0 Å². The molecule has 0 aliphatic rings. The Labute approximate surface area is 113 Å². The number of benzene rings is 1. The van der Waals surface area contributed by atoms with E-state index < -0.39 is 22.0 Å². The average molecular weight is 283 g/mol. The highest BCUT2D eigenvalue weighted by Crippen LogP contribution is 2.11. The monoisotopic (exact) mass is 283 g/mol. The molecule has 5 nitrogen and oxygen atoms in total. The second-order valence-corrected chi connectivity index (χ2v) is 5.75. The molecule has 6 heteroatoms. The summed E-state index contributed by atoms with van der Waals surface area (Å²) in [5.41, 5.74) is 0.953. The highest BCUT2D eigenvalue weighted by atomic mass is 32.2. The molecule has 0 unspecified atom stereocenters. The molecular weight excluding hydrogens is 266 g/mol. The number of carbonyl (C=O) groups excluding carboxylic acids is 1. The Morgan fingerprint density at radius 2 is 2.00 bits per heavy atom. The predicted octanol–water partition coefficient (Wildman–Crippen LogP) is 1.39. The fourth-order valence-corrected chi connectivity index (χ4v) is 2.67. The molecule has 19 heavy (non-hydrogen) atoms. The molecule has 0 spiro atoms. The van der Waals surface area contributed by atoms with Crippen LogP contribution in [0.3, 0.4) is 0 Å². The van der Waals surface area contributed by atoms with Gasteiger partial charge in [-0.15, -0.1) is 6.58 Å². The lowest BCUT2D eigenvalue weighted by molar-refractivity contribution is -0.142. The topological polar surface area (TPSA) is 72.5 Å². The number of sulfonamides is 1. The Balaban J connectivity index is 2.96. The fraction of sp³-hybridized carbons (Fsp3) is 0.308. The molecule has 1 aromatic rings. The van der Waals surface area contributed by atoms with E-state index in [0.29, 0.717) is 0 Å². The van der Waals surface area contributed by atoms with Gasteiger partial charge < -0.3 is 4.74 Å². The number of carbonyl (C=O) groups is 1. The standard InChI is InChI=1S/C13H17NO4S/c1-4-5-12(13(15)18-3)14-19(16,17)11-8-6-10(2)7-9-11/h4,6-9,12,14H,1,5H2,2-3H3/t12-/m1/s1. The number of rotatable bonds is 6. The summed E-state index contributed by atoms with van der Waals surface area (Å²) >= 11 is 0. The van der Waals surface area contributed by atoms with E-state index in [2.05, 4.69) is 16.0 Å². The lowest BCUT2D eigenvalue weighted by Gasteiger charge is -2.15. The highest BCUT2D eigenvalue weighted by Gasteiger charge is 2.25. The van der Waals surface area contributed by atoms with Crippen molar-refractivity contribution in [2.45, 2.75) is 24.3 Å². The first-order valence-corrected chi connectivity index (χ1v) is 7.16. The van der Waals surface area contributed by atoms with Gasteiger partial charge in [-0.25, -0.2) is 8.42 Å². The summed E-state index contributed by atoms with van der Waals surface area (Å²) in [7, 11) is -2.55. The van der Waals surface area contributed by atoms with E-state index in [1.165, 1.54) is 25.3 Å². The number of esters is 1. The van der Waals surface area contributed by atoms with Gasteiger partial charge in [0.1, 0.15) is 6.04 Å². The second-order valence-electron chi connectivity index (χ2n) is 4.03. The molecule has 0 saturated heterocycles. The Morgan fingerprint density at radius 3 is 2.47 bits per heavy atom. The van der Waals surface area contributed by atoms with Gasteiger partial charge in [0.2, 0.25) is 10.0 Å². The molecule has 0 amide bonds. The molecule has 1 N–H and O–H groups in total. The maximum absolute atomic E-state index is 12.1. The van der Waals surface area contributed by atoms with Crippen LogP contribution in [0.25, 0.3) is 0 Å². The summed E-state index contributed by atoms with van der Waals surface area (Å²) in [6, 6.07) is 5.39.